The summed E-state index contributed by atoms with van der Waals surface area (Å²) in [5, 5.41) is 12.9. The number of nitro benzene ring substituents is 1. The molecule has 1 rings (SSSR count). The molecule has 1 amide bonds. The highest BCUT2D eigenvalue weighted by Crippen LogP contribution is 2.22. The first kappa shape index (κ1) is 15.2. The van der Waals surface area contributed by atoms with Crippen molar-refractivity contribution < 1.29 is 22.7 Å². The summed E-state index contributed by atoms with van der Waals surface area (Å²) in [6, 6.07) is 0.813. The standard InChI is InChI=1S/C10H10F2N2O4S/c1-19(18)3-2-13-10(15)6-4-7(11)8(12)5-9(6)14(16)17/h4-5H,2-3H2,1H3,(H,13,15). The first-order valence-electron chi connectivity index (χ1n) is 5.04. The minimum absolute atomic E-state index is 0.0120. The van der Waals surface area contributed by atoms with E-state index in [0.29, 0.717) is 12.1 Å². The van der Waals surface area contributed by atoms with Gasteiger partial charge in [0.1, 0.15) is 5.56 Å². The van der Waals surface area contributed by atoms with Crippen molar-refractivity contribution in [2.45, 2.75) is 0 Å². The van der Waals surface area contributed by atoms with E-state index in [0.717, 1.165) is 0 Å². The Bertz CT molecular complexity index is 551. The zero-order chi connectivity index (χ0) is 14.6. The molecule has 0 fully saturated rings. The number of hydrogen-bond donors (Lipinski definition) is 1. The van der Waals surface area contributed by atoms with Crippen molar-refractivity contribution in [1.29, 1.82) is 0 Å². The molecule has 1 unspecified atom stereocenters. The van der Waals surface area contributed by atoms with E-state index in [2.05, 4.69) is 5.32 Å². The van der Waals surface area contributed by atoms with Gasteiger partial charge in [-0.25, -0.2) is 8.78 Å². The van der Waals surface area contributed by atoms with Crippen LogP contribution < -0.4 is 5.32 Å². The molecule has 1 aromatic rings. The third kappa shape index (κ3) is 4.05. The molecule has 0 saturated carbocycles. The fourth-order valence-corrected chi connectivity index (χ4v) is 1.66. The van der Waals surface area contributed by atoms with E-state index >= 15 is 0 Å². The molecule has 1 aromatic carbocycles. The van der Waals surface area contributed by atoms with Crippen LogP contribution in [0, 0.1) is 21.7 Å². The lowest BCUT2D eigenvalue weighted by Gasteiger charge is -2.05. The van der Waals surface area contributed by atoms with Crippen LogP contribution in [0.15, 0.2) is 12.1 Å². The van der Waals surface area contributed by atoms with Crippen LogP contribution in [0.4, 0.5) is 14.5 Å². The maximum atomic E-state index is 13.0. The van der Waals surface area contributed by atoms with E-state index in [1.54, 1.807) is 0 Å². The molecule has 0 aliphatic carbocycles. The van der Waals surface area contributed by atoms with Gasteiger partial charge in [-0.1, -0.05) is 0 Å². The molecular formula is C10H10F2N2O4S. The molecule has 1 N–H and O–H groups in total. The van der Waals surface area contributed by atoms with Gasteiger partial charge in [-0.15, -0.1) is 0 Å². The normalized spacial score (nSPS) is 11.9. The zero-order valence-corrected chi connectivity index (χ0v) is 10.6. The highest BCUT2D eigenvalue weighted by Gasteiger charge is 2.23. The lowest BCUT2D eigenvalue weighted by Crippen LogP contribution is -2.28. The molecule has 19 heavy (non-hydrogen) atoms. The van der Waals surface area contributed by atoms with Crippen LogP contribution in [0.5, 0.6) is 0 Å². The zero-order valence-electron chi connectivity index (χ0n) is 9.81. The molecular weight excluding hydrogens is 282 g/mol. The molecule has 0 aliphatic rings. The van der Waals surface area contributed by atoms with Gasteiger partial charge in [-0.05, 0) is 6.07 Å². The van der Waals surface area contributed by atoms with Crippen LogP contribution in [-0.4, -0.2) is 33.6 Å². The molecule has 0 spiro atoms. The average Bonchev–Trinajstić information content (AvgIpc) is 2.31. The number of rotatable bonds is 5. The summed E-state index contributed by atoms with van der Waals surface area (Å²) < 4.78 is 36.7. The highest BCUT2D eigenvalue weighted by molar-refractivity contribution is 7.84. The van der Waals surface area contributed by atoms with Gasteiger partial charge in [0.2, 0.25) is 0 Å². The summed E-state index contributed by atoms with van der Waals surface area (Å²) in [5.41, 5.74) is -1.40. The third-order valence-electron chi connectivity index (χ3n) is 2.16. The smallest absolute Gasteiger partial charge is 0.285 e. The van der Waals surface area contributed by atoms with Crippen molar-refractivity contribution in [2.24, 2.45) is 0 Å². The van der Waals surface area contributed by atoms with Gasteiger partial charge < -0.3 is 5.32 Å². The van der Waals surface area contributed by atoms with Crippen LogP contribution in [0.1, 0.15) is 10.4 Å². The third-order valence-corrected chi connectivity index (χ3v) is 2.93. The summed E-state index contributed by atoms with van der Waals surface area (Å²) in [7, 11) is -1.14. The number of hydrogen-bond acceptors (Lipinski definition) is 4. The maximum Gasteiger partial charge on any atom is 0.285 e. The summed E-state index contributed by atoms with van der Waals surface area (Å²) in [6.45, 7) is 0.0120. The quantitative estimate of drug-likeness (QED) is 0.647. The minimum atomic E-state index is -1.40. The molecule has 0 radical (unpaired) electrons. The Morgan fingerprint density at radius 2 is 2.00 bits per heavy atom. The maximum absolute atomic E-state index is 13.0. The topological polar surface area (TPSA) is 89.3 Å². The number of amides is 1. The van der Waals surface area contributed by atoms with Crippen molar-refractivity contribution in [3.63, 3.8) is 0 Å². The van der Waals surface area contributed by atoms with Crippen molar-refractivity contribution in [2.75, 3.05) is 18.6 Å². The predicted octanol–water partition coefficient (Wildman–Crippen LogP) is 0.981. The fourth-order valence-electron chi connectivity index (χ4n) is 1.27. The average molecular weight is 292 g/mol. The van der Waals surface area contributed by atoms with E-state index < -0.39 is 44.5 Å². The Labute approximate surface area is 109 Å². The number of nitro groups is 1. The number of halogens is 2. The molecule has 0 saturated heterocycles. The van der Waals surface area contributed by atoms with Gasteiger partial charge in [0.15, 0.2) is 11.6 Å². The van der Waals surface area contributed by atoms with E-state index in [-0.39, 0.29) is 12.3 Å². The second-order valence-electron chi connectivity index (χ2n) is 3.57. The summed E-state index contributed by atoms with van der Waals surface area (Å²) >= 11 is 0. The van der Waals surface area contributed by atoms with E-state index in [1.807, 2.05) is 0 Å². The van der Waals surface area contributed by atoms with E-state index in [4.69, 9.17) is 0 Å². The van der Waals surface area contributed by atoms with Crippen LogP contribution in [0.3, 0.4) is 0 Å². The fraction of sp³-hybridized carbons (Fsp3) is 0.300. The first-order chi connectivity index (χ1) is 8.82. The van der Waals surface area contributed by atoms with Crippen molar-refractivity contribution in [1.82, 2.24) is 5.32 Å². The molecule has 0 aliphatic heterocycles. The van der Waals surface area contributed by atoms with Gasteiger partial charge in [-0.2, -0.15) is 0 Å². The Hall–Kier alpha value is -1.90. The second-order valence-corrected chi connectivity index (χ2v) is 5.13. The van der Waals surface area contributed by atoms with E-state index in [9.17, 15) is 27.9 Å². The Kier molecular flexibility index (Phi) is 5.04. The molecule has 1 atom stereocenters. The van der Waals surface area contributed by atoms with Crippen molar-refractivity contribution in [3.8, 4) is 0 Å². The second kappa shape index (κ2) is 6.32. The van der Waals surface area contributed by atoms with Crippen molar-refractivity contribution >= 4 is 22.4 Å². The summed E-state index contributed by atoms with van der Waals surface area (Å²) in [5.74, 6) is -3.52. The van der Waals surface area contributed by atoms with Gasteiger partial charge >= 0.3 is 0 Å². The molecule has 0 aromatic heterocycles. The Morgan fingerprint density at radius 1 is 1.42 bits per heavy atom. The van der Waals surface area contributed by atoms with E-state index in [1.165, 1.54) is 6.26 Å². The lowest BCUT2D eigenvalue weighted by atomic mass is 10.1. The predicted molar refractivity (Wildman–Crippen MR) is 64.3 cm³/mol. The van der Waals surface area contributed by atoms with Gasteiger partial charge in [0.05, 0.1) is 11.0 Å². The Morgan fingerprint density at radius 3 is 2.53 bits per heavy atom. The molecule has 0 bridgehead atoms. The monoisotopic (exact) mass is 292 g/mol. The van der Waals surface area contributed by atoms with Gasteiger partial charge in [-0.3, -0.25) is 19.1 Å². The largest absolute Gasteiger partial charge is 0.351 e. The minimum Gasteiger partial charge on any atom is -0.351 e. The number of nitrogens with one attached hydrogen (secondary N) is 1. The summed E-state index contributed by atoms with van der Waals surface area (Å²) in [4.78, 5) is 21.3. The molecule has 6 nitrogen and oxygen atoms in total. The van der Waals surface area contributed by atoms with Crippen molar-refractivity contribution in [3.05, 3.63) is 39.4 Å². The Balaban J connectivity index is 2.98. The van der Waals surface area contributed by atoms with Gasteiger partial charge in [0.25, 0.3) is 11.6 Å². The van der Waals surface area contributed by atoms with Crippen LogP contribution in [-0.2, 0) is 10.8 Å². The number of nitrogens with zero attached hydrogens (tertiary/aromatic N) is 1. The SMILES string of the molecule is CS(=O)CCNC(=O)c1cc(F)c(F)cc1[N+](=O)[O-]. The van der Waals surface area contributed by atoms with Gasteiger partial charge in [0, 0.05) is 29.4 Å². The number of benzene rings is 1. The number of carbonyl (C=O) groups is 1. The summed E-state index contributed by atoms with van der Waals surface area (Å²) in [6.07, 6.45) is 1.42. The molecule has 9 heteroatoms. The number of carbonyl (C=O) groups excluding carboxylic acids is 1. The molecule has 0 heterocycles. The van der Waals surface area contributed by atoms with Crippen LogP contribution in [0.25, 0.3) is 0 Å². The van der Waals surface area contributed by atoms with Crippen LogP contribution in [0.2, 0.25) is 0 Å². The molecule has 104 valence electrons. The lowest BCUT2D eigenvalue weighted by molar-refractivity contribution is -0.385. The highest BCUT2D eigenvalue weighted by atomic mass is 32.2. The first-order valence-corrected chi connectivity index (χ1v) is 6.77. The van der Waals surface area contributed by atoms with Crippen LogP contribution >= 0.6 is 0 Å².